The molecule has 3 heteroatoms. The van der Waals surface area contributed by atoms with Gasteiger partial charge in [0, 0.05) is 0 Å². The second kappa shape index (κ2) is 8.53. The van der Waals surface area contributed by atoms with Gasteiger partial charge in [-0.15, -0.1) is 0 Å². The predicted molar refractivity (Wildman–Crippen MR) is 98.2 cm³/mol. The summed E-state index contributed by atoms with van der Waals surface area (Å²) in [5.41, 5.74) is 3.35. The first-order valence-corrected chi connectivity index (χ1v) is 8.46. The Hall–Kier alpha value is -2.29. The van der Waals surface area contributed by atoms with E-state index in [2.05, 4.69) is 19.2 Å². The first-order valence-electron chi connectivity index (χ1n) is 8.46. The Balaban J connectivity index is 2.06. The van der Waals surface area contributed by atoms with E-state index in [0.29, 0.717) is 12.3 Å². The molecule has 1 atom stereocenters. The van der Waals surface area contributed by atoms with E-state index in [-0.39, 0.29) is 11.9 Å². The van der Waals surface area contributed by atoms with Crippen LogP contribution in [-0.4, -0.2) is 13.0 Å². The van der Waals surface area contributed by atoms with Gasteiger partial charge in [-0.3, -0.25) is 4.79 Å². The van der Waals surface area contributed by atoms with Crippen LogP contribution in [0.25, 0.3) is 0 Å². The van der Waals surface area contributed by atoms with Gasteiger partial charge >= 0.3 is 0 Å². The van der Waals surface area contributed by atoms with Crippen LogP contribution in [0.2, 0.25) is 0 Å². The van der Waals surface area contributed by atoms with E-state index in [1.807, 2.05) is 55.5 Å². The smallest absolute Gasteiger partial charge is 0.224 e. The molecule has 2 aromatic rings. The van der Waals surface area contributed by atoms with Crippen molar-refractivity contribution in [1.82, 2.24) is 5.32 Å². The van der Waals surface area contributed by atoms with Gasteiger partial charge in [-0.1, -0.05) is 55.8 Å². The van der Waals surface area contributed by atoms with Crippen molar-refractivity contribution < 1.29 is 9.53 Å². The molecule has 0 aliphatic carbocycles. The van der Waals surface area contributed by atoms with Crippen molar-refractivity contribution in [2.45, 2.75) is 39.7 Å². The lowest BCUT2D eigenvalue weighted by Crippen LogP contribution is -2.30. The van der Waals surface area contributed by atoms with Crippen molar-refractivity contribution in [3.63, 3.8) is 0 Å². The summed E-state index contributed by atoms with van der Waals surface area (Å²) >= 11 is 0. The van der Waals surface area contributed by atoms with Crippen LogP contribution >= 0.6 is 0 Å². The summed E-state index contributed by atoms with van der Waals surface area (Å²) in [4.78, 5) is 12.4. The number of carbonyl (C=O) groups is 1. The Bertz CT molecular complexity index is 645. The van der Waals surface area contributed by atoms with E-state index in [1.54, 1.807) is 7.11 Å². The zero-order valence-electron chi connectivity index (χ0n) is 15.0. The molecule has 24 heavy (non-hydrogen) atoms. The minimum atomic E-state index is 0.0221. The number of rotatable bonds is 7. The molecule has 1 amide bonds. The highest BCUT2D eigenvalue weighted by Crippen LogP contribution is 2.23. The lowest BCUT2D eigenvalue weighted by Gasteiger charge is -2.21. The fourth-order valence-corrected chi connectivity index (χ4v) is 2.72. The molecule has 0 unspecified atom stereocenters. The SMILES string of the molecule is COc1ccc([C@@H](CC(C)C)NC(=O)Cc2ccc(C)cc2)cc1. The van der Waals surface area contributed by atoms with Gasteiger partial charge in [-0.2, -0.15) is 0 Å². The number of ether oxygens (including phenoxy) is 1. The Labute approximate surface area is 145 Å². The summed E-state index contributed by atoms with van der Waals surface area (Å²) < 4.78 is 5.21. The summed E-state index contributed by atoms with van der Waals surface area (Å²) in [7, 11) is 1.66. The maximum absolute atomic E-state index is 12.4. The van der Waals surface area contributed by atoms with E-state index in [0.717, 1.165) is 23.3 Å². The second-order valence-electron chi connectivity index (χ2n) is 6.69. The monoisotopic (exact) mass is 325 g/mol. The first-order chi connectivity index (χ1) is 11.5. The molecule has 2 rings (SSSR count). The molecule has 0 saturated heterocycles. The quantitative estimate of drug-likeness (QED) is 0.817. The highest BCUT2D eigenvalue weighted by Gasteiger charge is 2.16. The van der Waals surface area contributed by atoms with Gasteiger partial charge in [0.2, 0.25) is 5.91 Å². The summed E-state index contributed by atoms with van der Waals surface area (Å²) in [6.07, 6.45) is 1.32. The fourth-order valence-electron chi connectivity index (χ4n) is 2.72. The highest BCUT2D eigenvalue weighted by molar-refractivity contribution is 5.79. The van der Waals surface area contributed by atoms with Gasteiger partial charge < -0.3 is 10.1 Å². The maximum atomic E-state index is 12.4. The van der Waals surface area contributed by atoms with Crippen LogP contribution in [0.3, 0.4) is 0 Å². The number of benzene rings is 2. The minimum absolute atomic E-state index is 0.0221. The second-order valence-corrected chi connectivity index (χ2v) is 6.69. The number of methoxy groups -OCH3 is 1. The molecule has 0 aromatic heterocycles. The van der Waals surface area contributed by atoms with E-state index in [4.69, 9.17) is 4.74 Å². The molecule has 1 N–H and O–H groups in total. The highest BCUT2D eigenvalue weighted by atomic mass is 16.5. The molecule has 128 valence electrons. The van der Waals surface area contributed by atoms with Gasteiger partial charge in [-0.05, 0) is 42.5 Å². The molecule has 0 aliphatic heterocycles. The number of hydrogen-bond donors (Lipinski definition) is 1. The van der Waals surface area contributed by atoms with E-state index < -0.39 is 0 Å². The third-order valence-corrected chi connectivity index (χ3v) is 4.05. The van der Waals surface area contributed by atoms with Crippen LogP contribution in [-0.2, 0) is 11.2 Å². The van der Waals surface area contributed by atoms with Crippen molar-refractivity contribution in [2.75, 3.05) is 7.11 Å². The van der Waals surface area contributed by atoms with Crippen LogP contribution < -0.4 is 10.1 Å². The van der Waals surface area contributed by atoms with Crippen molar-refractivity contribution in [3.05, 3.63) is 65.2 Å². The molecular formula is C21H27NO2. The van der Waals surface area contributed by atoms with Crippen molar-refractivity contribution in [2.24, 2.45) is 5.92 Å². The van der Waals surface area contributed by atoms with E-state index in [9.17, 15) is 4.79 Å². The van der Waals surface area contributed by atoms with Crippen molar-refractivity contribution in [1.29, 1.82) is 0 Å². The summed E-state index contributed by atoms with van der Waals surface area (Å²) in [5, 5.41) is 3.19. The molecule has 0 bridgehead atoms. The Morgan fingerprint density at radius 1 is 1.04 bits per heavy atom. The van der Waals surface area contributed by atoms with Crippen LogP contribution in [0.4, 0.5) is 0 Å². The minimum Gasteiger partial charge on any atom is -0.497 e. The zero-order chi connectivity index (χ0) is 17.5. The number of nitrogens with one attached hydrogen (secondary N) is 1. The normalized spacial score (nSPS) is 12.0. The van der Waals surface area contributed by atoms with Crippen LogP contribution in [0, 0.1) is 12.8 Å². The van der Waals surface area contributed by atoms with Crippen LogP contribution in [0.5, 0.6) is 5.75 Å². The third kappa shape index (κ3) is 5.41. The van der Waals surface area contributed by atoms with Crippen molar-refractivity contribution >= 4 is 5.91 Å². The number of carbonyl (C=O) groups excluding carboxylic acids is 1. The topological polar surface area (TPSA) is 38.3 Å². The zero-order valence-corrected chi connectivity index (χ0v) is 15.0. The molecule has 0 aliphatic rings. The molecular weight excluding hydrogens is 298 g/mol. The summed E-state index contributed by atoms with van der Waals surface area (Å²) in [6.45, 7) is 6.39. The fraction of sp³-hybridized carbons (Fsp3) is 0.381. The molecule has 0 fully saturated rings. The number of amides is 1. The average Bonchev–Trinajstić information content (AvgIpc) is 2.56. The predicted octanol–water partition coefficient (Wildman–Crippen LogP) is 4.45. The average molecular weight is 325 g/mol. The molecule has 0 radical (unpaired) electrons. The summed E-state index contributed by atoms with van der Waals surface area (Å²) in [6, 6.07) is 16.1. The number of aryl methyl sites for hydroxylation is 1. The van der Waals surface area contributed by atoms with Gasteiger partial charge in [-0.25, -0.2) is 0 Å². The van der Waals surface area contributed by atoms with E-state index in [1.165, 1.54) is 5.56 Å². The molecule has 0 saturated carbocycles. The molecule has 3 nitrogen and oxygen atoms in total. The first kappa shape index (κ1) is 18.1. The Kier molecular flexibility index (Phi) is 6.42. The number of hydrogen-bond acceptors (Lipinski definition) is 2. The standard InChI is InChI=1S/C21H27NO2/c1-15(2)13-20(18-9-11-19(24-4)12-10-18)22-21(23)14-17-7-5-16(3)6-8-17/h5-12,15,20H,13-14H2,1-4H3,(H,22,23)/t20-/m1/s1. The van der Waals surface area contributed by atoms with Crippen LogP contribution in [0.15, 0.2) is 48.5 Å². The third-order valence-electron chi connectivity index (χ3n) is 4.05. The van der Waals surface area contributed by atoms with Gasteiger partial charge in [0.15, 0.2) is 0 Å². The molecule has 0 spiro atoms. The lowest BCUT2D eigenvalue weighted by atomic mass is 9.96. The maximum Gasteiger partial charge on any atom is 0.224 e. The molecule has 0 heterocycles. The van der Waals surface area contributed by atoms with Gasteiger partial charge in [0.05, 0.1) is 19.6 Å². The largest absolute Gasteiger partial charge is 0.497 e. The van der Waals surface area contributed by atoms with Gasteiger partial charge in [0.25, 0.3) is 0 Å². The van der Waals surface area contributed by atoms with Gasteiger partial charge in [0.1, 0.15) is 5.75 Å². The molecule has 2 aromatic carbocycles. The van der Waals surface area contributed by atoms with Crippen molar-refractivity contribution in [3.8, 4) is 5.75 Å². The van der Waals surface area contributed by atoms with Crippen LogP contribution in [0.1, 0.15) is 43.0 Å². The Morgan fingerprint density at radius 3 is 2.21 bits per heavy atom. The Morgan fingerprint density at radius 2 is 1.67 bits per heavy atom. The van der Waals surface area contributed by atoms with E-state index >= 15 is 0 Å². The lowest BCUT2D eigenvalue weighted by molar-refractivity contribution is -0.121. The summed E-state index contributed by atoms with van der Waals surface area (Å²) in [5.74, 6) is 1.38.